The van der Waals surface area contributed by atoms with Crippen molar-refractivity contribution in [3.05, 3.63) is 40.4 Å². The van der Waals surface area contributed by atoms with E-state index >= 15 is 0 Å². The number of ether oxygens (including phenoxy) is 3. The van der Waals surface area contributed by atoms with Crippen molar-refractivity contribution < 1.29 is 44.2 Å². The molecule has 10 heteroatoms. The van der Waals surface area contributed by atoms with Gasteiger partial charge in [-0.25, -0.2) is 4.79 Å². The van der Waals surface area contributed by atoms with Gasteiger partial charge in [-0.05, 0) is 42.0 Å². The van der Waals surface area contributed by atoms with Crippen LogP contribution < -0.4 is 15.1 Å². The third-order valence-corrected chi connectivity index (χ3v) is 5.34. The van der Waals surface area contributed by atoms with Crippen LogP contribution in [0.25, 0.3) is 21.5 Å². The highest BCUT2D eigenvalue weighted by Gasteiger charge is 2.45. The van der Waals surface area contributed by atoms with Crippen molar-refractivity contribution >= 4 is 21.5 Å². The Balaban J connectivity index is 1.82. The molecule has 3 aromatic rings. The molecule has 1 fully saturated rings. The number of fused-ring (bicyclic) bond motifs is 2. The number of hydrogen-bond donors (Lipinski definition) is 5. The molecular formula is C21H22O10. The van der Waals surface area contributed by atoms with Gasteiger partial charge in [-0.2, -0.15) is 0 Å². The van der Waals surface area contributed by atoms with Crippen LogP contribution in [0.4, 0.5) is 0 Å². The van der Waals surface area contributed by atoms with Crippen LogP contribution in [-0.2, 0) is 4.74 Å². The molecule has 1 saturated heterocycles. The van der Waals surface area contributed by atoms with Gasteiger partial charge in [0.25, 0.3) is 0 Å². The van der Waals surface area contributed by atoms with E-state index in [1.165, 1.54) is 13.2 Å². The van der Waals surface area contributed by atoms with E-state index in [1.807, 2.05) is 0 Å². The number of hydrogen-bond acceptors (Lipinski definition) is 10. The molecule has 0 saturated carbocycles. The molecular weight excluding hydrogens is 412 g/mol. The van der Waals surface area contributed by atoms with Crippen molar-refractivity contribution in [1.29, 1.82) is 0 Å². The molecule has 1 aliphatic heterocycles. The Labute approximate surface area is 175 Å². The Morgan fingerprint density at radius 1 is 1.00 bits per heavy atom. The SMILES string of the molecule is COc1cc2cc3cc(C)oc(=O)c3c(O)c2cc1O[C@@H]1O[C@H](CO)[C@@H](O)[C@H](O)[C@H]1O. The van der Waals surface area contributed by atoms with Gasteiger partial charge < -0.3 is 44.2 Å². The maximum atomic E-state index is 12.3. The van der Waals surface area contributed by atoms with E-state index in [4.69, 9.17) is 18.6 Å². The van der Waals surface area contributed by atoms with E-state index in [9.17, 15) is 30.3 Å². The molecule has 5 atom stereocenters. The minimum atomic E-state index is -1.63. The molecule has 0 bridgehead atoms. The second-order valence-corrected chi connectivity index (χ2v) is 7.37. The zero-order valence-electron chi connectivity index (χ0n) is 16.7. The molecule has 2 heterocycles. The molecule has 4 rings (SSSR count). The van der Waals surface area contributed by atoms with E-state index in [-0.39, 0.29) is 28.0 Å². The minimum Gasteiger partial charge on any atom is -0.506 e. The zero-order valence-corrected chi connectivity index (χ0v) is 16.7. The van der Waals surface area contributed by atoms with Crippen LogP contribution in [0.5, 0.6) is 17.2 Å². The van der Waals surface area contributed by atoms with Gasteiger partial charge in [0.05, 0.1) is 13.7 Å². The van der Waals surface area contributed by atoms with E-state index in [0.29, 0.717) is 16.5 Å². The normalized spacial score (nSPS) is 26.3. The predicted octanol–water partition coefficient (Wildman–Crippen LogP) is 0.148. The highest BCUT2D eigenvalue weighted by atomic mass is 16.7. The van der Waals surface area contributed by atoms with Crippen molar-refractivity contribution in [2.45, 2.75) is 37.6 Å². The molecule has 31 heavy (non-hydrogen) atoms. The summed E-state index contributed by atoms with van der Waals surface area (Å²) in [5.41, 5.74) is -0.693. The first kappa shape index (κ1) is 21.3. The highest BCUT2D eigenvalue weighted by molar-refractivity contribution is 6.05. The zero-order chi connectivity index (χ0) is 22.4. The van der Waals surface area contributed by atoms with Gasteiger partial charge >= 0.3 is 5.63 Å². The number of phenolic OH excluding ortho intramolecular Hbond substituents is 1. The van der Waals surface area contributed by atoms with Gasteiger partial charge in [0.1, 0.15) is 41.3 Å². The molecule has 1 aliphatic rings. The van der Waals surface area contributed by atoms with Crippen LogP contribution in [0.15, 0.2) is 33.5 Å². The predicted molar refractivity (Wildman–Crippen MR) is 107 cm³/mol. The van der Waals surface area contributed by atoms with Gasteiger partial charge in [-0.3, -0.25) is 0 Å². The number of aryl methyl sites for hydroxylation is 1. The fraction of sp³-hybridized carbons (Fsp3) is 0.381. The Morgan fingerprint density at radius 3 is 2.42 bits per heavy atom. The van der Waals surface area contributed by atoms with Crippen LogP contribution in [-0.4, -0.2) is 70.0 Å². The number of phenols is 1. The quantitative estimate of drug-likeness (QED) is 0.358. The summed E-state index contributed by atoms with van der Waals surface area (Å²) in [6.07, 6.45) is -7.38. The average Bonchev–Trinajstić information content (AvgIpc) is 2.73. The number of aliphatic hydroxyl groups is 4. The summed E-state index contributed by atoms with van der Waals surface area (Å²) in [4.78, 5) is 12.3. The van der Waals surface area contributed by atoms with Gasteiger partial charge in [-0.1, -0.05) is 0 Å². The Hall–Kier alpha value is -2.89. The first-order valence-electron chi connectivity index (χ1n) is 9.50. The molecule has 10 nitrogen and oxygen atoms in total. The van der Waals surface area contributed by atoms with Gasteiger partial charge in [0.15, 0.2) is 11.5 Å². The molecule has 0 amide bonds. The lowest BCUT2D eigenvalue weighted by Crippen LogP contribution is -2.60. The molecule has 0 radical (unpaired) electrons. The van der Waals surface area contributed by atoms with Crippen LogP contribution in [0.2, 0.25) is 0 Å². The molecule has 0 spiro atoms. The average molecular weight is 434 g/mol. The summed E-state index contributed by atoms with van der Waals surface area (Å²) in [5.74, 6) is 0.335. The first-order valence-corrected chi connectivity index (χ1v) is 9.50. The van der Waals surface area contributed by atoms with E-state index in [0.717, 1.165) is 0 Å². The summed E-state index contributed by atoms with van der Waals surface area (Å²) in [6, 6.07) is 6.27. The molecule has 2 aromatic carbocycles. The van der Waals surface area contributed by atoms with Crippen molar-refractivity contribution in [2.75, 3.05) is 13.7 Å². The topological polar surface area (TPSA) is 159 Å². The fourth-order valence-corrected chi connectivity index (χ4v) is 3.73. The van der Waals surface area contributed by atoms with E-state index in [1.54, 1.807) is 25.1 Å². The summed E-state index contributed by atoms with van der Waals surface area (Å²) in [5, 5.41) is 51.5. The number of rotatable bonds is 4. The molecule has 5 N–H and O–H groups in total. The van der Waals surface area contributed by atoms with Crippen molar-refractivity contribution in [2.24, 2.45) is 0 Å². The summed E-state index contributed by atoms with van der Waals surface area (Å²) in [6.45, 7) is 1.02. The molecule has 166 valence electrons. The summed E-state index contributed by atoms with van der Waals surface area (Å²) >= 11 is 0. The largest absolute Gasteiger partial charge is 0.506 e. The third-order valence-electron chi connectivity index (χ3n) is 5.34. The fourth-order valence-electron chi connectivity index (χ4n) is 3.73. The van der Waals surface area contributed by atoms with Crippen LogP contribution in [0, 0.1) is 6.92 Å². The van der Waals surface area contributed by atoms with Gasteiger partial charge in [0.2, 0.25) is 6.29 Å². The molecule has 0 unspecified atom stereocenters. The smallest absolute Gasteiger partial charge is 0.347 e. The van der Waals surface area contributed by atoms with Crippen molar-refractivity contribution in [3.63, 3.8) is 0 Å². The van der Waals surface area contributed by atoms with Crippen LogP contribution in [0.1, 0.15) is 5.76 Å². The Kier molecular flexibility index (Phi) is 5.50. The highest BCUT2D eigenvalue weighted by Crippen LogP contribution is 2.40. The van der Waals surface area contributed by atoms with Gasteiger partial charge in [0, 0.05) is 5.39 Å². The maximum Gasteiger partial charge on any atom is 0.347 e. The summed E-state index contributed by atoms with van der Waals surface area (Å²) in [7, 11) is 1.39. The van der Waals surface area contributed by atoms with Crippen molar-refractivity contribution in [3.8, 4) is 17.2 Å². The summed E-state index contributed by atoms with van der Waals surface area (Å²) < 4.78 is 21.5. The first-order chi connectivity index (χ1) is 14.7. The monoisotopic (exact) mass is 434 g/mol. The number of methoxy groups -OCH3 is 1. The van der Waals surface area contributed by atoms with Crippen LogP contribution in [0.3, 0.4) is 0 Å². The van der Waals surface area contributed by atoms with E-state index in [2.05, 4.69) is 0 Å². The Morgan fingerprint density at radius 2 is 1.74 bits per heavy atom. The Bertz CT molecular complexity index is 1180. The number of aliphatic hydroxyl groups excluding tert-OH is 4. The molecule has 0 aliphatic carbocycles. The maximum absolute atomic E-state index is 12.3. The number of aromatic hydroxyl groups is 1. The van der Waals surface area contributed by atoms with Gasteiger partial charge in [-0.15, -0.1) is 0 Å². The van der Waals surface area contributed by atoms with E-state index < -0.39 is 42.9 Å². The number of benzene rings is 2. The molecule has 1 aromatic heterocycles. The third kappa shape index (κ3) is 3.58. The lowest BCUT2D eigenvalue weighted by atomic mass is 9.99. The van der Waals surface area contributed by atoms with Crippen molar-refractivity contribution in [1.82, 2.24) is 0 Å². The second kappa shape index (κ2) is 7.98. The minimum absolute atomic E-state index is 0.00190. The second-order valence-electron chi connectivity index (χ2n) is 7.37. The lowest BCUT2D eigenvalue weighted by molar-refractivity contribution is -0.277. The lowest BCUT2D eigenvalue weighted by Gasteiger charge is -2.39. The van der Waals surface area contributed by atoms with Crippen LogP contribution >= 0.6 is 0 Å². The standard InChI is InChI=1S/C21H22O10/c1-8-3-10-4-9-5-12(28-2)13(6-11(9)16(23)15(10)20(27)29-8)30-21-19(26)18(25)17(24)14(7-22)31-21/h3-6,14,17-19,21-26H,7H2,1-2H3/t14-,17-,18+,19-,21-/m1/s1.